The summed E-state index contributed by atoms with van der Waals surface area (Å²) in [5.74, 6) is 1.57. The van der Waals surface area contributed by atoms with Crippen LogP contribution in [-0.4, -0.2) is 33.6 Å². The van der Waals surface area contributed by atoms with Crippen LogP contribution in [0.2, 0.25) is 0 Å². The predicted molar refractivity (Wildman–Crippen MR) is 129 cm³/mol. The highest BCUT2D eigenvalue weighted by Gasteiger charge is 2.23. The lowest BCUT2D eigenvalue weighted by Crippen LogP contribution is -2.24. The van der Waals surface area contributed by atoms with E-state index in [0.29, 0.717) is 22.3 Å². The van der Waals surface area contributed by atoms with Crippen LogP contribution in [0.1, 0.15) is 12.6 Å². The molecule has 160 valence electrons. The first-order chi connectivity index (χ1) is 15.0. The monoisotopic (exact) mass is 517 g/mol. The SMILES string of the molecule is CCOc1ccc(-n2c(SCC(=O)Nc3ccc(Br)cc3)nc3c(c2=O)SCC3)cc1. The minimum Gasteiger partial charge on any atom is -0.494 e. The van der Waals surface area contributed by atoms with Crippen molar-refractivity contribution in [2.75, 3.05) is 23.4 Å². The Morgan fingerprint density at radius 2 is 1.97 bits per heavy atom. The maximum Gasteiger partial charge on any atom is 0.272 e. The van der Waals surface area contributed by atoms with Crippen LogP contribution in [0.3, 0.4) is 0 Å². The summed E-state index contributed by atoms with van der Waals surface area (Å²) < 4.78 is 8.04. The molecular formula is C22H20BrN3O3S2. The molecule has 1 N–H and O–H groups in total. The van der Waals surface area contributed by atoms with Crippen molar-refractivity contribution in [3.63, 3.8) is 0 Å². The number of nitrogens with one attached hydrogen (secondary N) is 1. The van der Waals surface area contributed by atoms with E-state index >= 15 is 0 Å². The summed E-state index contributed by atoms with van der Waals surface area (Å²) in [6.07, 6.45) is 0.762. The second kappa shape index (κ2) is 9.93. The minimum absolute atomic E-state index is 0.0903. The van der Waals surface area contributed by atoms with Crippen molar-refractivity contribution < 1.29 is 9.53 Å². The topological polar surface area (TPSA) is 73.2 Å². The van der Waals surface area contributed by atoms with Crippen molar-refractivity contribution in [3.8, 4) is 11.4 Å². The van der Waals surface area contributed by atoms with E-state index in [9.17, 15) is 9.59 Å². The predicted octanol–water partition coefficient (Wildman–Crippen LogP) is 4.77. The Labute approximate surface area is 196 Å². The molecular weight excluding hydrogens is 498 g/mol. The average Bonchev–Trinajstić information content (AvgIpc) is 3.24. The van der Waals surface area contributed by atoms with Gasteiger partial charge in [0, 0.05) is 22.3 Å². The largest absolute Gasteiger partial charge is 0.494 e. The Balaban J connectivity index is 1.59. The van der Waals surface area contributed by atoms with Gasteiger partial charge in [-0.1, -0.05) is 27.7 Å². The molecule has 2 aromatic carbocycles. The van der Waals surface area contributed by atoms with Gasteiger partial charge in [-0.15, -0.1) is 11.8 Å². The number of benzene rings is 2. The summed E-state index contributed by atoms with van der Waals surface area (Å²) in [6, 6.07) is 14.7. The number of thioether (sulfide) groups is 2. The Morgan fingerprint density at radius 1 is 1.23 bits per heavy atom. The van der Waals surface area contributed by atoms with Gasteiger partial charge in [0.2, 0.25) is 5.91 Å². The van der Waals surface area contributed by atoms with Crippen molar-refractivity contribution in [2.24, 2.45) is 0 Å². The normalized spacial score (nSPS) is 12.5. The number of hydrogen-bond donors (Lipinski definition) is 1. The summed E-state index contributed by atoms with van der Waals surface area (Å²) in [7, 11) is 0. The third-order valence-electron chi connectivity index (χ3n) is 4.53. The third-order valence-corrected chi connectivity index (χ3v) is 7.11. The Kier molecular flexibility index (Phi) is 7.04. The third kappa shape index (κ3) is 5.16. The molecule has 1 amide bonds. The number of halogens is 1. The highest BCUT2D eigenvalue weighted by Crippen LogP contribution is 2.30. The van der Waals surface area contributed by atoms with Crippen LogP contribution < -0.4 is 15.6 Å². The van der Waals surface area contributed by atoms with E-state index in [0.717, 1.165) is 33.8 Å². The molecule has 0 atom stereocenters. The van der Waals surface area contributed by atoms with Crippen LogP contribution in [0.5, 0.6) is 5.75 Å². The van der Waals surface area contributed by atoms with Gasteiger partial charge in [-0.25, -0.2) is 4.98 Å². The zero-order valence-corrected chi connectivity index (χ0v) is 20.0. The maximum absolute atomic E-state index is 13.2. The second-order valence-electron chi connectivity index (χ2n) is 6.68. The van der Waals surface area contributed by atoms with Gasteiger partial charge >= 0.3 is 0 Å². The second-order valence-corrected chi connectivity index (χ2v) is 9.64. The molecule has 0 saturated carbocycles. The van der Waals surface area contributed by atoms with Crippen molar-refractivity contribution in [3.05, 3.63) is 69.1 Å². The standard InChI is InChI=1S/C22H20BrN3O3S2/c1-2-29-17-9-7-16(8-10-17)26-21(28)20-18(11-12-30-20)25-22(26)31-13-19(27)24-15-5-3-14(23)4-6-15/h3-10H,2,11-13H2,1H3,(H,24,27). The number of carbonyl (C=O) groups is 1. The molecule has 1 aromatic heterocycles. The lowest BCUT2D eigenvalue weighted by Gasteiger charge is -2.14. The summed E-state index contributed by atoms with van der Waals surface area (Å²) >= 11 is 6.18. The quantitative estimate of drug-likeness (QED) is 0.359. The van der Waals surface area contributed by atoms with E-state index in [1.54, 1.807) is 4.57 Å². The molecule has 0 saturated heterocycles. The Hall–Kier alpha value is -2.23. The van der Waals surface area contributed by atoms with E-state index in [1.165, 1.54) is 23.5 Å². The number of aromatic nitrogens is 2. The van der Waals surface area contributed by atoms with Gasteiger partial charge in [0.25, 0.3) is 5.56 Å². The van der Waals surface area contributed by atoms with E-state index < -0.39 is 0 Å². The number of ether oxygens (including phenoxy) is 1. The number of anilines is 1. The number of aryl methyl sites for hydroxylation is 1. The Bertz CT molecular complexity index is 1150. The van der Waals surface area contributed by atoms with E-state index in [-0.39, 0.29) is 17.2 Å². The number of amides is 1. The molecule has 0 radical (unpaired) electrons. The van der Waals surface area contributed by atoms with Crippen LogP contribution in [-0.2, 0) is 11.2 Å². The lowest BCUT2D eigenvalue weighted by molar-refractivity contribution is -0.113. The lowest BCUT2D eigenvalue weighted by atomic mass is 10.3. The molecule has 3 aromatic rings. The van der Waals surface area contributed by atoms with Crippen LogP contribution >= 0.6 is 39.5 Å². The van der Waals surface area contributed by atoms with Crippen LogP contribution in [0.25, 0.3) is 5.69 Å². The molecule has 0 bridgehead atoms. The zero-order chi connectivity index (χ0) is 21.8. The fraction of sp³-hybridized carbons (Fsp3) is 0.227. The van der Waals surface area contributed by atoms with Gasteiger partial charge in [0.15, 0.2) is 5.16 Å². The number of rotatable bonds is 7. The summed E-state index contributed by atoms with van der Waals surface area (Å²) in [6.45, 7) is 2.50. The number of carbonyl (C=O) groups excluding carboxylic acids is 1. The van der Waals surface area contributed by atoms with Gasteiger partial charge in [0.1, 0.15) is 5.75 Å². The van der Waals surface area contributed by atoms with Crippen LogP contribution in [0.4, 0.5) is 5.69 Å². The van der Waals surface area contributed by atoms with Crippen molar-refractivity contribution >= 4 is 51.0 Å². The van der Waals surface area contributed by atoms with E-state index in [1.807, 2.05) is 55.5 Å². The first-order valence-corrected chi connectivity index (χ1v) is 12.5. The number of fused-ring (bicyclic) bond motifs is 1. The molecule has 6 nitrogen and oxygen atoms in total. The van der Waals surface area contributed by atoms with Crippen LogP contribution in [0.15, 0.2) is 67.9 Å². The zero-order valence-electron chi connectivity index (χ0n) is 16.8. The fourth-order valence-electron chi connectivity index (χ4n) is 3.14. The molecule has 0 unspecified atom stereocenters. The molecule has 2 heterocycles. The van der Waals surface area contributed by atoms with E-state index in [4.69, 9.17) is 9.72 Å². The van der Waals surface area contributed by atoms with Crippen LogP contribution in [0, 0.1) is 0 Å². The number of hydrogen-bond acceptors (Lipinski definition) is 6. The van der Waals surface area contributed by atoms with Gasteiger partial charge in [-0.2, -0.15) is 0 Å². The molecule has 9 heteroatoms. The minimum atomic E-state index is -0.158. The first-order valence-electron chi connectivity index (χ1n) is 9.75. The molecule has 0 spiro atoms. The van der Waals surface area contributed by atoms with E-state index in [2.05, 4.69) is 21.2 Å². The van der Waals surface area contributed by atoms with Crippen molar-refractivity contribution in [2.45, 2.75) is 23.4 Å². The summed E-state index contributed by atoms with van der Waals surface area (Å²) in [5, 5.41) is 3.39. The molecule has 1 aliphatic heterocycles. The molecule has 0 aliphatic carbocycles. The van der Waals surface area contributed by atoms with Gasteiger partial charge in [0.05, 0.1) is 28.6 Å². The van der Waals surface area contributed by atoms with Gasteiger partial charge in [-0.05, 0) is 55.5 Å². The fourth-order valence-corrected chi connectivity index (χ4v) is 5.25. The average molecular weight is 518 g/mol. The molecule has 0 fully saturated rings. The summed E-state index contributed by atoms with van der Waals surface area (Å²) in [4.78, 5) is 31.1. The first kappa shape index (κ1) is 22.0. The molecule has 31 heavy (non-hydrogen) atoms. The summed E-state index contributed by atoms with van der Waals surface area (Å²) in [5.41, 5.74) is 2.14. The molecule has 4 rings (SSSR count). The number of nitrogens with zero attached hydrogens (tertiary/aromatic N) is 2. The maximum atomic E-state index is 13.2. The highest BCUT2D eigenvalue weighted by molar-refractivity contribution is 9.10. The Morgan fingerprint density at radius 3 is 2.68 bits per heavy atom. The van der Waals surface area contributed by atoms with Crippen molar-refractivity contribution in [1.29, 1.82) is 0 Å². The van der Waals surface area contributed by atoms with Crippen molar-refractivity contribution in [1.82, 2.24) is 9.55 Å². The molecule has 1 aliphatic rings. The van der Waals surface area contributed by atoms with Gasteiger partial charge in [-0.3, -0.25) is 14.2 Å². The smallest absolute Gasteiger partial charge is 0.272 e. The highest BCUT2D eigenvalue weighted by atomic mass is 79.9. The van der Waals surface area contributed by atoms with Gasteiger partial charge < -0.3 is 10.1 Å².